The number of amides is 1. The van der Waals surface area contributed by atoms with Crippen molar-refractivity contribution < 1.29 is 9.53 Å². The summed E-state index contributed by atoms with van der Waals surface area (Å²) >= 11 is 3.01. The van der Waals surface area contributed by atoms with Gasteiger partial charge in [-0.3, -0.25) is 4.79 Å². The molecule has 6 nitrogen and oxygen atoms in total. The number of thiophene rings is 1. The molecule has 1 aromatic carbocycles. The van der Waals surface area contributed by atoms with E-state index in [1.54, 1.807) is 18.4 Å². The van der Waals surface area contributed by atoms with Crippen LogP contribution >= 0.6 is 23.1 Å². The van der Waals surface area contributed by atoms with Gasteiger partial charge in [-0.15, -0.1) is 21.5 Å². The molecule has 0 aliphatic heterocycles. The zero-order valence-corrected chi connectivity index (χ0v) is 15.6. The third-order valence-corrected chi connectivity index (χ3v) is 5.31. The van der Waals surface area contributed by atoms with Crippen LogP contribution in [0.5, 0.6) is 5.75 Å². The van der Waals surface area contributed by atoms with E-state index in [0.717, 1.165) is 33.8 Å². The fourth-order valence-electron chi connectivity index (χ4n) is 2.27. The predicted molar refractivity (Wildman–Crippen MR) is 101 cm³/mol. The lowest BCUT2D eigenvalue weighted by atomic mass is 10.3. The van der Waals surface area contributed by atoms with Crippen LogP contribution in [0.25, 0.3) is 10.7 Å². The van der Waals surface area contributed by atoms with Crippen LogP contribution in [-0.4, -0.2) is 33.5 Å². The van der Waals surface area contributed by atoms with E-state index in [0.29, 0.717) is 0 Å². The SMILES string of the molecule is CCn1c(SCC(=O)Nc2ccc(OC)cc2)nnc1-c1cccs1. The Morgan fingerprint density at radius 1 is 1.28 bits per heavy atom. The fraction of sp³-hybridized carbons (Fsp3) is 0.235. The molecule has 0 saturated carbocycles. The minimum Gasteiger partial charge on any atom is -0.497 e. The number of carbonyl (C=O) groups is 1. The molecule has 0 aliphatic carbocycles. The molecule has 0 spiro atoms. The Morgan fingerprint density at radius 3 is 2.72 bits per heavy atom. The molecule has 0 atom stereocenters. The van der Waals surface area contributed by atoms with Crippen molar-refractivity contribution in [1.29, 1.82) is 0 Å². The number of benzene rings is 1. The molecule has 2 aromatic heterocycles. The number of thioether (sulfide) groups is 1. The fourth-order valence-corrected chi connectivity index (χ4v) is 3.79. The van der Waals surface area contributed by atoms with Crippen LogP contribution in [0.4, 0.5) is 5.69 Å². The number of ether oxygens (including phenoxy) is 1. The summed E-state index contributed by atoms with van der Waals surface area (Å²) in [6.45, 7) is 2.80. The third-order valence-electron chi connectivity index (χ3n) is 3.48. The van der Waals surface area contributed by atoms with Gasteiger partial charge in [-0.05, 0) is 42.6 Å². The van der Waals surface area contributed by atoms with E-state index in [2.05, 4.69) is 15.5 Å². The molecule has 3 aromatic rings. The largest absolute Gasteiger partial charge is 0.497 e. The molecular formula is C17H18N4O2S2. The number of nitrogens with zero attached hydrogens (tertiary/aromatic N) is 3. The van der Waals surface area contributed by atoms with Crippen molar-refractivity contribution >= 4 is 34.7 Å². The van der Waals surface area contributed by atoms with Gasteiger partial charge in [-0.25, -0.2) is 0 Å². The van der Waals surface area contributed by atoms with Gasteiger partial charge in [0.2, 0.25) is 5.91 Å². The summed E-state index contributed by atoms with van der Waals surface area (Å²) in [6.07, 6.45) is 0. The third kappa shape index (κ3) is 4.21. The standard InChI is InChI=1S/C17H18N4O2S2/c1-3-21-16(14-5-4-10-24-14)19-20-17(21)25-11-15(22)18-12-6-8-13(23-2)9-7-12/h4-10H,3,11H2,1-2H3,(H,18,22). The highest BCUT2D eigenvalue weighted by Crippen LogP contribution is 2.27. The van der Waals surface area contributed by atoms with Crippen molar-refractivity contribution in [3.8, 4) is 16.5 Å². The zero-order valence-electron chi connectivity index (χ0n) is 13.9. The summed E-state index contributed by atoms with van der Waals surface area (Å²) in [5.74, 6) is 1.79. The van der Waals surface area contributed by atoms with Gasteiger partial charge in [0, 0.05) is 12.2 Å². The molecule has 0 bridgehead atoms. The summed E-state index contributed by atoms with van der Waals surface area (Å²) in [7, 11) is 1.61. The van der Waals surface area contributed by atoms with Gasteiger partial charge in [0.25, 0.3) is 0 Å². The van der Waals surface area contributed by atoms with Crippen LogP contribution in [0.2, 0.25) is 0 Å². The summed E-state index contributed by atoms with van der Waals surface area (Å²) in [5.41, 5.74) is 0.739. The average molecular weight is 374 g/mol. The first kappa shape index (κ1) is 17.5. The Kier molecular flexibility index (Phi) is 5.72. The van der Waals surface area contributed by atoms with Gasteiger partial charge in [0.15, 0.2) is 11.0 Å². The lowest BCUT2D eigenvalue weighted by Gasteiger charge is -2.07. The zero-order chi connectivity index (χ0) is 17.6. The van der Waals surface area contributed by atoms with E-state index in [9.17, 15) is 4.79 Å². The first-order valence-corrected chi connectivity index (χ1v) is 9.61. The summed E-state index contributed by atoms with van der Waals surface area (Å²) < 4.78 is 7.13. The van der Waals surface area contributed by atoms with E-state index in [1.165, 1.54) is 11.8 Å². The maximum Gasteiger partial charge on any atom is 0.234 e. The normalized spacial score (nSPS) is 10.6. The number of anilines is 1. The first-order chi connectivity index (χ1) is 12.2. The van der Waals surface area contributed by atoms with Crippen molar-refractivity contribution in [3.63, 3.8) is 0 Å². The molecular weight excluding hydrogens is 356 g/mol. The molecule has 0 saturated heterocycles. The minimum absolute atomic E-state index is 0.0847. The van der Waals surface area contributed by atoms with Gasteiger partial charge in [0.1, 0.15) is 5.75 Å². The number of hydrogen-bond donors (Lipinski definition) is 1. The highest BCUT2D eigenvalue weighted by Gasteiger charge is 2.15. The van der Waals surface area contributed by atoms with Crippen molar-refractivity contribution in [1.82, 2.24) is 14.8 Å². The molecule has 8 heteroatoms. The molecule has 130 valence electrons. The predicted octanol–water partition coefficient (Wildman–Crippen LogP) is 3.77. The van der Waals surface area contributed by atoms with Gasteiger partial charge in [0.05, 0.1) is 17.7 Å². The molecule has 1 N–H and O–H groups in total. The Morgan fingerprint density at radius 2 is 2.08 bits per heavy atom. The summed E-state index contributed by atoms with van der Waals surface area (Å²) in [6, 6.07) is 11.2. The Bertz CT molecular complexity index is 829. The topological polar surface area (TPSA) is 69.0 Å². The van der Waals surface area contributed by atoms with Crippen LogP contribution in [0.15, 0.2) is 46.9 Å². The maximum atomic E-state index is 12.2. The molecule has 0 aliphatic rings. The van der Waals surface area contributed by atoms with E-state index in [1.807, 2.05) is 53.3 Å². The van der Waals surface area contributed by atoms with Gasteiger partial charge >= 0.3 is 0 Å². The summed E-state index contributed by atoms with van der Waals surface area (Å²) in [5, 5.41) is 14.1. The lowest BCUT2D eigenvalue weighted by Crippen LogP contribution is -2.14. The van der Waals surface area contributed by atoms with Gasteiger partial charge in [-0.1, -0.05) is 17.8 Å². The second kappa shape index (κ2) is 8.17. The van der Waals surface area contributed by atoms with Crippen molar-refractivity contribution in [3.05, 3.63) is 41.8 Å². The van der Waals surface area contributed by atoms with Gasteiger partial charge in [-0.2, -0.15) is 0 Å². The highest BCUT2D eigenvalue weighted by atomic mass is 32.2. The van der Waals surface area contributed by atoms with Crippen molar-refractivity contribution in [2.75, 3.05) is 18.2 Å². The molecule has 3 rings (SSSR count). The number of methoxy groups -OCH3 is 1. The van der Waals surface area contributed by atoms with E-state index >= 15 is 0 Å². The minimum atomic E-state index is -0.0847. The second-order valence-electron chi connectivity index (χ2n) is 5.09. The smallest absolute Gasteiger partial charge is 0.234 e. The first-order valence-electron chi connectivity index (χ1n) is 7.75. The van der Waals surface area contributed by atoms with Crippen molar-refractivity contribution in [2.45, 2.75) is 18.6 Å². The van der Waals surface area contributed by atoms with Crippen LogP contribution in [-0.2, 0) is 11.3 Å². The quantitative estimate of drug-likeness (QED) is 0.638. The van der Waals surface area contributed by atoms with E-state index in [4.69, 9.17) is 4.74 Å². The molecule has 25 heavy (non-hydrogen) atoms. The molecule has 0 unspecified atom stereocenters. The van der Waals surface area contributed by atoms with Crippen LogP contribution < -0.4 is 10.1 Å². The Balaban J connectivity index is 1.62. The van der Waals surface area contributed by atoms with Crippen LogP contribution in [0.1, 0.15) is 6.92 Å². The second-order valence-corrected chi connectivity index (χ2v) is 6.98. The van der Waals surface area contributed by atoms with Gasteiger partial charge < -0.3 is 14.6 Å². The Labute approximate surface area is 154 Å². The number of aromatic nitrogens is 3. The monoisotopic (exact) mass is 374 g/mol. The summed E-state index contributed by atoms with van der Waals surface area (Å²) in [4.78, 5) is 13.2. The maximum absolute atomic E-state index is 12.2. The van der Waals surface area contributed by atoms with Crippen molar-refractivity contribution in [2.24, 2.45) is 0 Å². The number of hydrogen-bond acceptors (Lipinski definition) is 6. The lowest BCUT2D eigenvalue weighted by molar-refractivity contribution is -0.113. The van der Waals surface area contributed by atoms with E-state index in [-0.39, 0.29) is 11.7 Å². The number of rotatable bonds is 7. The highest BCUT2D eigenvalue weighted by molar-refractivity contribution is 7.99. The number of nitrogens with one attached hydrogen (secondary N) is 1. The van der Waals surface area contributed by atoms with Crippen LogP contribution in [0.3, 0.4) is 0 Å². The Hall–Kier alpha value is -2.32. The average Bonchev–Trinajstić information content (AvgIpc) is 3.29. The molecule has 1 amide bonds. The molecule has 2 heterocycles. The molecule has 0 fully saturated rings. The van der Waals surface area contributed by atoms with E-state index < -0.39 is 0 Å². The van der Waals surface area contributed by atoms with Crippen LogP contribution in [0, 0.1) is 0 Å². The molecule has 0 radical (unpaired) electrons. The number of carbonyl (C=O) groups excluding carboxylic acids is 1.